The van der Waals surface area contributed by atoms with Crippen molar-refractivity contribution in [3.63, 3.8) is 0 Å². The lowest BCUT2D eigenvalue weighted by molar-refractivity contribution is 0.0995. The summed E-state index contributed by atoms with van der Waals surface area (Å²) >= 11 is 0. The number of fused-ring (bicyclic) bond motifs is 1. The van der Waals surface area contributed by atoms with Gasteiger partial charge in [0.25, 0.3) is 5.91 Å². The highest BCUT2D eigenvalue weighted by molar-refractivity contribution is 5.93. The molecule has 5 nitrogen and oxygen atoms in total. The number of carbonyl (C=O) groups excluding carboxylic acids is 1. The zero-order chi connectivity index (χ0) is 14.7. The predicted molar refractivity (Wildman–Crippen MR) is 76.6 cm³/mol. The molecular weight excluding hydrogens is 256 g/mol. The summed E-state index contributed by atoms with van der Waals surface area (Å²) in [5.74, 6) is 0.0977. The molecule has 0 fully saturated rings. The van der Waals surface area contributed by atoms with Crippen molar-refractivity contribution in [1.29, 1.82) is 0 Å². The normalized spacial score (nSPS) is 13.9. The Morgan fingerprint density at radius 1 is 1.35 bits per heavy atom. The largest absolute Gasteiger partial charge is 0.491 e. The number of hydrogen-bond acceptors (Lipinski definition) is 4. The van der Waals surface area contributed by atoms with Gasteiger partial charge < -0.3 is 15.6 Å². The van der Waals surface area contributed by atoms with Gasteiger partial charge in [-0.15, -0.1) is 0 Å². The van der Waals surface area contributed by atoms with E-state index >= 15 is 0 Å². The number of carbonyl (C=O) groups is 1. The van der Waals surface area contributed by atoms with Gasteiger partial charge in [0, 0.05) is 17.9 Å². The molecule has 3 N–H and O–H groups in total. The van der Waals surface area contributed by atoms with E-state index in [1.54, 1.807) is 25.1 Å². The van der Waals surface area contributed by atoms with E-state index in [1.807, 2.05) is 19.1 Å². The molecule has 20 heavy (non-hydrogen) atoms. The Labute approximate surface area is 117 Å². The molecule has 2 aromatic rings. The molecule has 5 heteroatoms. The smallest absolute Gasteiger partial charge is 0.267 e. The van der Waals surface area contributed by atoms with E-state index in [4.69, 9.17) is 10.5 Å². The quantitative estimate of drug-likeness (QED) is 0.871. The number of benzene rings is 1. The molecule has 2 unspecified atom stereocenters. The molecule has 0 spiro atoms. The average molecular weight is 274 g/mol. The first-order valence-corrected chi connectivity index (χ1v) is 6.51. The molecule has 1 heterocycles. The van der Waals surface area contributed by atoms with E-state index in [0.29, 0.717) is 17.7 Å². The summed E-state index contributed by atoms with van der Waals surface area (Å²) in [6.07, 6.45) is 0.0316. The number of ether oxygens (including phenoxy) is 1. The van der Waals surface area contributed by atoms with Crippen molar-refractivity contribution in [1.82, 2.24) is 4.98 Å². The van der Waals surface area contributed by atoms with Crippen molar-refractivity contribution in [2.24, 2.45) is 5.73 Å². The van der Waals surface area contributed by atoms with Crippen LogP contribution < -0.4 is 10.5 Å². The van der Waals surface area contributed by atoms with E-state index in [0.717, 1.165) is 5.39 Å². The van der Waals surface area contributed by atoms with Gasteiger partial charge in [0.15, 0.2) is 0 Å². The SMILES string of the molecule is CC(O)CC(C)Oc1ccc2ccc(C(N)=O)nc2c1. The number of aromatic nitrogens is 1. The first kappa shape index (κ1) is 14.3. The molecule has 2 rings (SSSR count). The third kappa shape index (κ3) is 3.45. The molecule has 0 bridgehead atoms. The van der Waals surface area contributed by atoms with Gasteiger partial charge in [0.05, 0.1) is 17.7 Å². The van der Waals surface area contributed by atoms with Crippen molar-refractivity contribution in [2.45, 2.75) is 32.5 Å². The Morgan fingerprint density at radius 2 is 2.05 bits per heavy atom. The van der Waals surface area contributed by atoms with Gasteiger partial charge >= 0.3 is 0 Å². The maximum Gasteiger partial charge on any atom is 0.267 e. The molecule has 0 saturated heterocycles. The van der Waals surface area contributed by atoms with Crippen LogP contribution >= 0.6 is 0 Å². The van der Waals surface area contributed by atoms with E-state index < -0.39 is 12.0 Å². The van der Waals surface area contributed by atoms with Crippen LogP contribution in [0.4, 0.5) is 0 Å². The summed E-state index contributed by atoms with van der Waals surface area (Å²) in [5, 5.41) is 10.2. The van der Waals surface area contributed by atoms with Crippen LogP contribution in [0.3, 0.4) is 0 Å². The highest BCUT2D eigenvalue weighted by Crippen LogP contribution is 2.21. The summed E-state index contributed by atoms with van der Waals surface area (Å²) < 4.78 is 5.72. The van der Waals surface area contributed by atoms with Crippen LogP contribution in [0.25, 0.3) is 10.9 Å². The van der Waals surface area contributed by atoms with Gasteiger partial charge in [0.2, 0.25) is 0 Å². The Bertz CT molecular complexity index is 626. The Hall–Kier alpha value is -2.14. The number of aliphatic hydroxyl groups is 1. The van der Waals surface area contributed by atoms with Crippen LogP contribution in [0.15, 0.2) is 30.3 Å². The minimum absolute atomic E-state index is 0.105. The molecule has 0 aliphatic rings. The minimum atomic E-state index is -0.555. The standard InChI is InChI=1S/C15H18N2O3/c1-9(18)7-10(2)20-12-5-3-11-4-6-13(15(16)19)17-14(11)8-12/h3-6,8-10,18H,7H2,1-2H3,(H2,16,19). The highest BCUT2D eigenvalue weighted by Gasteiger charge is 2.09. The molecule has 0 radical (unpaired) electrons. The van der Waals surface area contributed by atoms with E-state index in [1.165, 1.54) is 0 Å². The Kier molecular flexibility index (Phi) is 4.20. The molecule has 2 atom stereocenters. The summed E-state index contributed by atoms with van der Waals surface area (Å²) in [6, 6.07) is 8.87. The summed E-state index contributed by atoms with van der Waals surface area (Å²) in [7, 11) is 0. The van der Waals surface area contributed by atoms with Gasteiger partial charge in [-0.3, -0.25) is 4.79 Å². The lowest BCUT2D eigenvalue weighted by Gasteiger charge is -2.16. The third-order valence-electron chi connectivity index (χ3n) is 2.93. The number of hydrogen-bond donors (Lipinski definition) is 2. The summed E-state index contributed by atoms with van der Waals surface area (Å²) in [4.78, 5) is 15.3. The van der Waals surface area contributed by atoms with Crippen molar-refractivity contribution in [3.8, 4) is 5.75 Å². The summed E-state index contributed by atoms with van der Waals surface area (Å²) in [5.41, 5.74) is 6.10. The van der Waals surface area contributed by atoms with Crippen LogP contribution in [0.2, 0.25) is 0 Å². The molecule has 1 aromatic carbocycles. The molecule has 1 amide bonds. The van der Waals surface area contributed by atoms with Crippen molar-refractivity contribution in [2.75, 3.05) is 0 Å². The Balaban J connectivity index is 2.25. The topological polar surface area (TPSA) is 85.4 Å². The van der Waals surface area contributed by atoms with Gasteiger partial charge in [-0.1, -0.05) is 6.07 Å². The maximum atomic E-state index is 11.1. The number of aliphatic hydroxyl groups excluding tert-OH is 1. The van der Waals surface area contributed by atoms with Gasteiger partial charge in [0.1, 0.15) is 11.4 Å². The van der Waals surface area contributed by atoms with Gasteiger partial charge in [-0.2, -0.15) is 0 Å². The number of rotatable bonds is 5. The third-order valence-corrected chi connectivity index (χ3v) is 2.93. The van der Waals surface area contributed by atoms with Crippen molar-refractivity contribution in [3.05, 3.63) is 36.0 Å². The van der Waals surface area contributed by atoms with Crippen molar-refractivity contribution >= 4 is 16.8 Å². The number of nitrogens with two attached hydrogens (primary N) is 1. The zero-order valence-corrected chi connectivity index (χ0v) is 11.5. The average Bonchev–Trinajstić information content (AvgIpc) is 2.36. The van der Waals surface area contributed by atoms with E-state index in [9.17, 15) is 9.90 Å². The van der Waals surface area contributed by atoms with Gasteiger partial charge in [-0.25, -0.2) is 4.98 Å². The molecule has 0 aliphatic heterocycles. The van der Waals surface area contributed by atoms with Crippen LogP contribution in [-0.4, -0.2) is 28.2 Å². The van der Waals surface area contributed by atoms with Crippen LogP contribution in [0.1, 0.15) is 30.8 Å². The minimum Gasteiger partial charge on any atom is -0.491 e. The molecule has 0 saturated carbocycles. The number of amides is 1. The lowest BCUT2D eigenvalue weighted by atomic mass is 10.1. The first-order valence-electron chi connectivity index (χ1n) is 6.51. The second-order valence-electron chi connectivity index (χ2n) is 4.93. The predicted octanol–water partition coefficient (Wildman–Crippen LogP) is 1.87. The van der Waals surface area contributed by atoms with Crippen molar-refractivity contribution < 1.29 is 14.6 Å². The number of primary amides is 1. The second kappa shape index (κ2) is 5.88. The van der Waals surface area contributed by atoms with E-state index in [2.05, 4.69) is 4.98 Å². The second-order valence-corrected chi connectivity index (χ2v) is 4.93. The fraction of sp³-hybridized carbons (Fsp3) is 0.333. The van der Waals surface area contributed by atoms with Crippen LogP contribution in [-0.2, 0) is 0 Å². The molecule has 106 valence electrons. The fourth-order valence-corrected chi connectivity index (χ4v) is 2.07. The maximum absolute atomic E-state index is 11.1. The number of nitrogens with zero attached hydrogens (tertiary/aromatic N) is 1. The molecule has 1 aromatic heterocycles. The lowest BCUT2D eigenvalue weighted by Crippen LogP contribution is -2.18. The Morgan fingerprint density at radius 3 is 2.70 bits per heavy atom. The van der Waals surface area contributed by atoms with E-state index in [-0.39, 0.29) is 11.8 Å². The van der Waals surface area contributed by atoms with Gasteiger partial charge in [-0.05, 0) is 32.0 Å². The summed E-state index contributed by atoms with van der Waals surface area (Å²) in [6.45, 7) is 3.62. The fourth-order valence-electron chi connectivity index (χ4n) is 2.07. The molecular formula is C15H18N2O3. The zero-order valence-electron chi connectivity index (χ0n) is 11.5. The molecule has 0 aliphatic carbocycles. The van der Waals surface area contributed by atoms with Crippen LogP contribution in [0, 0.1) is 0 Å². The number of pyridine rings is 1. The highest BCUT2D eigenvalue weighted by atomic mass is 16.5. The monoisotopic (exact) mass is 274 g/mol. The first-order chi connectivity index (χ1) is 9.45. The van der Waals surface area contributed by atoms with Crippen LogP contribution in [0.5, 0.6) is 5.75 Å².